The molecule has 17 heavy (non-hydrogen) atoms. The van der Waals surface area contributed by atoms with Crippen LogP contribution in [0, 0.1) is 11.7 Å². The minimum Gasteiger partial charge on any atom is -0.315 e. The van der Waals surface area contributed by atoms with Crippen LogP contribution in [0.25, 0.3) is 0 Å². The molecule has 1 saturated carbocycles. The molecule has 2 rings (SSSR count). The summed E-state index contributed by atoms with van der Waals surface area (Å²) in [4.78, 5) is 2.15. The monoisotopic (exact) mass is 236 g/mol. The molecule has 0 saturated heterocycles. The van der Waals surface area contributed by atoms with Gasteiger partial charge < -0.3 is 10.2 Å². The van der Waals surface area contributed by atoms with Gasteiger partial charge in [0.1, 0.15) is 5.82 Å². The first-order chi connectivity index (χ1) is 8.25. The van der Waals surface area contributed by atoms with Gasteiger partial charge in [0, 0.05) is 25.2 Å². The Kier molecular flexibility index (Phi) is 4.51. The lowest BCUT2D eigenvalue weighted by molar-refractivity contribution is 0.318. The third kappa shape index (κ3) is 4.44. The van der Waals surface area contributed by atoms with Crippen molar-refractivity contribution in [3.8, 4) is 0 Å². The predicted octanol–water partition coefficient (Wildman–Crippen LogP) is 2.26. The summed E-state index contributed by atoms with van der Waals surface area (Å²) in [6.07, 6.45) is 2.77. The molecule has 1 fully saturated rings. The third-order valence-corrected chi connectivity index (χ3v) is 3.20. The molecule has 1 aromatic carbocycles. The molecule has 3 heteroatoms. The quantitative estimate of drug-likeness (QED) is 0.731. The van der Waals surface area contributed by atoms with Crippen LogP contribution < -0.4 is 5.32 Å². The van der Waals surface area contributed by atoms with Crippen LogP contribution in [0.4, 0.5) is 4.39 Å². The van der Waals surface area contributed by atoms with Gasteiger partial charge in [-0.15, -0.1) is 0 Å². The Bertz CT molecular complexity index is 350. The van der Waals surface area contributed by atoms with E-state index in [1.165, 1.54) is 18.9 Å². The highest BCUT2D eigenvalue weighted by Gasteiger charge is 2.19. The Morgan fingerprint density at radius 3 is 2.82 bits per heavy atom. The molecule has 1 aliphatic rings. The van der Waals surface area contributed by atoms with Gasteiger partial charge in [0.15, 0.2) is 0 Å². The van der Waals surface area contributed by atoms with Gasteiger partial charge in [-0.2, -0.15) is 0 Å². The van der Waals surface area contributed by atoms with Crippen LogP contribution in [0.1, 0.15) is 18.4 Å². The fraction of sp³-hybridized carbons (Fsp3) is 0.571. The smallest absolute Gasteiger partial charge is 0.127 e. The number of nitrogens with zero attached hydrogens (tertiary/aromatic N) is 1. The van der Waals surface area contributed by atoms with Gasteiger partial charge in [-0.05, 0) is 38.4 Å². The van der Waals surface area contributed by atoms with Gasteiger partial charge in [0.05, 0.1) is 0 Å². The third-order valence-electron chi connectivity index (χ3n) is 3.20. The van der Waals surface area contributed by atoms with Gasteiger partial charge in [0.2, 0.25) is 0 Å². The molecule has 0 spiro atoms. The van der Waals surface area contributed by atoms with E-state index >= 15 is 0 Å². The summed E-state index contributed by atoms with van der Waals surface area (Å²) in [6.45, 7) is 3.77. The second-order valence-corrected chi connectivity index (χ2v) is 4.98. The van der Waals surface area contributed by atoms with E-state index in [0.717, 1.165) is 31.1 Å². The molecule has 1 N–H and O–H groups in total. The Hall–Kier alpha value is -0.930. The number of halogens is 1. The summed E-state index contributed by atoms with van der Waals surface area (Å²) < 4.78 is 13.4. The normalized spacial score (nSPS) is 15.5. The number of rotatable bonds is 7. The maximum absolute atomic E-state index is 13.4. The van der Waals surface area contributed by atoms with Gasteiger partial charge in [-0.1, -0.05) is 18.2 Å². The van der Waals surface area contributed by atoms with Gasteiger partial charge in [-0.3, -0.25) is 0 Å². The van der Waals surface area contributed by atoms with Crippen LogP contribution in [0.2, 0.25) is 0 Å². The van der Waals surface area contributed by atoms with E-state index in [-0.39, 0.29) is 5.82 Å². The lowest BCUT2D eigenvalue weighted by Gasteiger charge is -2.17. The maximum Gasteiger partial charge on any atom is 0.127 e. The summed E-state index contributed by atoms with van der Waals surface area (Å²) in [5.74, 6) is 0.817. The number of hydrogen-bond acceptors (Lipinski definition) is 2. The molecule has 0 radical (unpaired) electrons. The van der Waals surface area contributed by atoms with Crippen LogP contribution in [-0.4, -0.2) is 31.6 Å². The highest BCUT2D eigenvalue weighted by atomic mass is 19.1. The van der Waals surface area contributed by atoms with Crippen molar-refractivity contribution in [1.82, 2.24) is 10.2 Å². The Balaban J connectivity index is 1.65. The molecule has 0 aromatic heterocycles. The molecule has 2 nitrogen and oxygen atoms in total. The molecule has 94 valence electrons. The number of hydrogen-bond donors (Lipinski definition) is 1. The molecular formula is C14H21FN2. The topological polar surface area (TPSA) is 15.3 Å². The molecule has 1 aliphatic carbocycles. The minimum absolute atomic E-state index is 0.106. The van der Waals surface area contributed by atoms with Crippen LogP contribution in [0.5, 0.6) is 0 Å². The largest absolute Gasteiger partial charge is 0.315 e. The highest BCUT2D eigenvalue weighted by Crippen LogP contribution is 2.27. The van der Waals surface area contributed by atoms with E-state index < -0.39 is 0 Å². The van der Waals surface area contributed by atoms with Gasteiger partial charge in [0.25, 0.3) is 0 Å². The first-order valence-corrected chi connectivity index (χ1v) is 6.38. The van der Waals surface area contributed by atoms with Crippen molar-refractivity contribution in [2.45, 2.75) is 19.4 Å². The molecule has 0 unspecified atom stereocenters. The van der Waals surface area contributed by atoms with Crippen molar-refractivity contribution < 1.29 is 4.39 Å². The van der Waals surface area contributed by atoms with E-state index in [0.29, 0.717) is 6.54 Å². The number of benzene rings is 1. The van der Waals surface area contributed by atoms with Crippen molar-refractivity contribution in [3.05, 3.63) is 35.6 Å². The molecular weight excluding hydrogens is 215 g/mol. The van der Waals surface area contributed by atoms with Crippen molar-refractivity contribution in [3.63, 3.8) is 0 Å². The zero-order valence-corrected chi connectivity index (χ0v) is 10.5. The number of nitrogens with one attached hydrogen (secondary N) is 1. The van der Waals surface area contributed by atoms with Gasteiger partial charge >= 0.3 is 0 Å². The number of likely N-dealkylation sites (N-methyl/N-ethyl adjacent to an activating group) is 1. The lowest BCUT2D eigenvalue weighted by atomic mass is 10.2. The van der Waals surface area contributed by atoms with E-state index in [9.17, 15) is 4.39 Å². The van der Waals surface area contributed by atoms with Crippen molar-refractivity contribution in [2.75, 3.05) is 26.7 Å². The molecule has 0 amide bonds. The molecule has 1 aromatic rings. The summed E-state index contributed by atoms with van der Waals surface area (Å²) >= 11 is 0. The Morgan fingerprint density at radius 1 is 1.35 bits per heavy atom. The Labute approximate surface area is 103 Å². The van der Waals surface area contributed by atoms with Crippen molar-refractivity contribution in [1.29, 1.82) is 0 Å². The van der Waals surface area contributed by atoms with Crippen LogP contribution in [0.15, 0.2) is 24.3 Å². The maximum atomic E-state index is 13.4. The fourth-order valence-corrected chi connectivity index (χ4v) is 1.89. The summed E-state index contributed by atoms with van der Waals surface area (Å²) in [5, 5.41) is 3.44. The van der Waals surface area contributed by atoms with E-state index in [2.05, 4.69) is 10.2 Å². The average Bonchev–Trinajstić information content (AvgIpc) is 3.12. The molecule has 0 aliphatic heterocycles. The van der Waals surface area contributed by atoms with Crippen molar-refractivity contribution >= 4 is 0 Å². The van der Waals surface area contributed by atoms with Crippen molar-refractivity contribution in [2.24, 2.45) is 5.92 Å². The predicted molar refractivity (Wildman–Crippen MR) is 68.3 cm³/mol. The highest BCUT2D eigenvalue weighted by molar-refractivity contribution is 5.16. The zero-order valence-electron chi connectivity index (χ0n) is 10.5. The zero-order chi connectivity index (χ0) is 12.1. The van der Waals surface area contributed by atoms with Crippen LogP contribution in [-0.2, 0) is 6.54 Å². The second kappa shape index (κ2) is 6.12. The minimum atomic E-state index is -0.106. The molecule has 0 atom stereocenters. The van der Waals surface area contributed by atoms with Gasteiger partial charge in [-0.25, -0.2) is 4.39 Å². The molecule has 0 bridgehead atoms. The Morgan fingerprint density at radius 2 is 2.12 bits per heavy atom. The first kappa shape index (κ1) is 12.5. The molecule has 0 heterocycles. The first-order valence-electron chi connectivity index (χ1n) is 6.38. The standard InChI is InChI=1S/C14H21FN2/c1-17(9-8-16-10-12-6-7-12)11-13-4-2-3-5-14(13)15/h2-5,12,16H,6-11H2,1H3. The SMILES string of the molecule is CN(CCNCC1CC1)Cc1ccccc1F. The van der Waals surface area contributed by atoms with E-state index in [1.54, 1.807) is 6.07 Å². The second-order valence-electron chi connectivity index (χ2n) is 4.98. The summed E-state index contributed by atoms with van der Waals surface area (Å²) in [6, 6.07) is 6.99. The van der Waals surface area contributed by atoms with E-state index in [4.69, 9.17) is 0 Å². The van der Waals surface area contributed by atoms with Crippen LogP contribution >= 0.6 is 0 Å². The lowest BCUT2D eigenvalue weighted by Crippen LogP contribution is -2.30. The average molecular weight is 236 g/mol. The summed E-state index contributed by atoms with van der Waals surface area (Å²) in [7, 11) is 2.03. The fourth-order valence-electron chi connectivity index (χ4n) is 1.89. The summed E-state index contributed by atoms with van der Waals surface area (Å²) in [5.41, 5.74) is 0.775. The van der Waals surface area contributed by atoms with E-state index in [1.807, 2.05) is 19.2 Å². The van der Waals surface area contributed by atoms with Crippen LogP contribution in [0.3, 0.4) is 0 Å².